The highest BCUT2D eigenvalue weighted by Crippen LogP contribution is 2.36. The molecule has 2 saturated carbocycles. The number of imide groups is 1. The molecule has 0 bridgehead atoms. The summed E-state index contributed by atoms with van der Waals surface area (Å²) in [6.45, 7) is 7.15. The third kappa shape index (κ3) is 10.6. The number of hydrogen-bond acceptors (Lipinski definition) is 13. The molecule has 2 aliphatic heterocycles. The SMILES string of the molecule is CN(C[C@@H]1CN(CCNCc2ccc3c(c2)n(C)c(=O)n3C2CCC(=O)NC2=O)CCO1)C[C@H]1CC[C@H](n2cc(NC(=O)c3coc(-c4ccnc(NCC5CC5)c4)n3)c(C(F)F)n2)CC1. The minimum atomic E-state index is -2.87. The van der Waals surface area contributed by atoms with Crippen LogP contribution in [0.5, 0.6) is 0 Å². The highest BCUT2D eigenvalue weighted by molar-refractivity contribution is 6.03. The Bertz CT molecular complexity index is 2590. The molecule has 4 aliphatic rings. The number of halogens is 2. The summed E-state index contributed by atoms with van der Waals surface area (Å²) in [5.74, 6) is 0.606. The number of imidazole rings is 1. The minimum absolute atomic E-state index is 0.0313. The Kier molecular flexibility index (Phi) is 13.7. The number of morpholine rings is 1. The number of hydrogen-bond donors (Lipinski definition) is 4. The molecule has 1 unspecified atom stereocenters. The molecule has 4 fully saturated rings. The van der Waals surface area contributed by atoms with Gasteiger partial charge in [-0.05, 0) is 93.7 Å². The molecule has 2 saturated heterocycles. The first-order chi connectivity index (χ1) is 31.9. The zero-order valence-electron chi connectivity index (χ0n) is 37.4. The van der Waals surface area contributed by atoms with Gasteiger partial charge in [0.1, 0.15) is 18.1 Å². The monoisotopic (exact) mass is 912 g/mol. The second-order valence-electron chi connectivity index (χ2n) is 18.3. The number of nitrogens with zero attached hydrogens (tertiary/aromatic N) is 8. The smallest absolute Gasteiger partial charge is 0.329 e. The first-order valence-corrected chi connectivity index (χ1v) is 23.1. The standard InChI is InChI=1S/C46H58F2N12O6/c1-56(24-33-25-58(17-18-65-33)16-15-49-21-30-7-10-36-38(19-30)57(2)46(64)60(36)37-11-12-40(61)54-44(37)63)23-29-5-8-32(9-6-29)59-26-34(41(55-59)42(47)48)52-43(62)35-27-66-45(53-35)31-13-14-50-39(20-31)51-22-28-3-4-28/h7,10,13-14,19-20,26-29,32-33,37,42,49H,3-6,8-9,11-12,15-18,21-25H2,1-2H3,(H,50,51)(H,52,62)(H,54,61,63)/t29-,32-,33-,37?/m1/s1. The molecule has 4 N–H and O–H groups in total. The third-order valence-electron chi connectivity index (χ3n) is 13.3. The van der Waals surface area contributed by atoms with Crippen LogP contribution in [0.3, 0.4) is 0 Å². The Labute approximate surface area is 380 Å². The van der Waals surface area contributed by atoms with Crippen LogP contribution in [-0.2, 0) is 27.9 Å². The van der Waals surface area contributed by atoms with Crippen molar-refractivity contribution in [3.8, 4) is 11.5 Å². The number of ether oxygens (including phenoxy) is 1. The highest BCUT2D eigenvalue weighted by atomic mass is 19.3. The van der Waals surface area contributed by atoms with Gasteiger partial charge in [0.25, 0.3) is 12.3 Å². The molecule has 0 spiro atoms. The van der Waals surface area contributed by atoms with E-state index < -0.39 is 30.0 Å². The normalized spacial score (nSPS) is 21.8. The number of pyridine rings is 1. The van der Waals surface area contributed by atoms with Crippen LogP contribution in [0.1, 0.15) is 91.6 Å². The molecule has 1 aromatic carbocycles. The molecule has 2 aliphatic carbocycles. The summed E-state index contributed by atoms with van der Waals surface area (Å²) in [6.07, 6.45) is 7.91. The quantitative estimate of drug-likeness (QED) is 0.0696. The number of aryl methyl sites for hydroxylation is 1. The number of alkyl halides is 2. The maximum absolute atomic E-state index is 14.2. The molecule has 9 rings (SSSR count). The van der Waals surface area contributed by atoms with Crippen molar-refractivity contribution in [2.45, 2.75) is 82.5 Å². The van der Waals surface area contributed by atoms with Crippen molar-refractivity contribution in [3.63, 3.8) is 0 Å². The van der Waals surface area contributed by atoms with Gasteiger partial charge in [-0.25, -0.2) is 23.5 Å². The van der Waals surface area contributed by atoms with Gasteiger partial charge < -0.3 is 30.0 Å². The highest BCUT2D eigenvalue weighted by Gasteiger charge is 2.32. The van der Waals surface area contributed by atoms with Crippen molar-refractivity contribution in [2.24, 2.45) is 18.9 Å². The molecular formula is C46H58F2N12O6. The predicted octanol–water partition coefficient (Wildman–Crippen LogP) is 4.73. The van der Waals surface area contributed by atoms with E-state index in [1.807, 2.05) is 18.2 Å². The molecule has 18 nitrogen and oxygen atoms in total. The Balaban J connectivity index is 0.705. The average molecular weight is 913 g/mol. The molecule has 66 heavy (non-hydrogen) atoms. The predicted molar refractivity (Wildman–Crippen MR) is 241 cm³/mol. The molecule has 5 aromatic rings. The van der Waals surface area contributed by atoms with Crippen molar-refractivity contribution in [2.75, 3.05) is 70.1 Å². The topological polar surface area (TPSA) is 199 Å². The van der Waals surface area contributed by atoms with Crippen LogP contribution in [0.15, 0.2) is 58.2 Å². The number of likely N-dealkylation sites (N-methyl/N-ethyl adjacent to an activating group) is 1. The maximum Gasteiger partial charge on any atom is 0.329 e. The number of fused-ring (bicyclic) bond motifs is 1. The van der Waals surface area contributed by atoms with E-state index in [2.05, 4.69) is 53.2 Å². The zero-order chi connectivity index (χ0) is 45.9. The number of aromatic nitrogens is 6. The fourth-order valence-corrected chi connectivity index (χ4v) is 9.55. The number of carbonyl (C=O) groups is 3. The van der Waals surface area contributed by atoms with Gasteiger partial charge >= 0.3 is 5.69 Å². The van der Waals surface area contributed by atoms with E-state index in [9.17, 15) is 28.0 Å². The Hall–Kier alpha value is -5.83. The van der Waals surface area contributed by atoms with Gasteiger partial charge in [0.2, 0.25) is 17.7 Å². The number of piperidine rings is 1. The first kappa shape index (κ1) is 45.3. The number of carbonyl (C=O) groups excluding carboxylic acids is 3. The van der Waals surface area contributed by atoms with E-state index >= 15 is 0 Å². The molecule has 352 valence electrons. The van der Waals surface area contributed by atoms with E-state index in [0.29, 0.717) is 48.3 Å². The zero-order valence-corrected chi connectivity index (χ0v) is 37.4. The van der Waals surface area contributed by atoms with Crippen LogP contribution >= 0.6 is 0 Å². The first-order valence-electron chi connectivity index (χ1n) is 23.1. The summed E-state index contributed by atoms with van der Waals surface area (Å²) in [4.78, 5) is 64.0. The van der Waals surface area contributed by atoms with Crippen LogP contribution in [0.4, 0.5) is 20.3 Å². The lowest BCUT2D eigenvalue weighted by Crippen LogP contribution is -2.49. The van der Waals surface area contributed by atoms with Crippen molar-refractivity contribution < 1.29 is 32.3 Å². The van der Waals surface area contributed by atoms with Crippen molar-refractivity contribution >= 4 is 40.3 Å². The number of rotatable bonds is 18. The molecule has 20 heteroatoms. The van der Waals surface area contributed by atoms with Crippen LogP contribution in [0.2, 0.25) is 0 Å². The average Bonchev–Trinajstić information content (AvgIpc) is 3.72. The van der Waals surface area contributed by atoms with Gasteiger partial charge in [-0.3, -0.25) is 38.4 Å². The summed E-state index contributed by atoms with van der Waals surface area (Å²) in [5, 5.41) is 16.0. The second kappa shape index (κ2) is 20.0. The van der Waals surface area contributed by atoms with Crippen molar-refractivity contribution in [1.82, 2.24) is 49.3 Å². The summed E-state index contributed by atoms with van der Waals surface area (Å²) in [7, 11) is 3.82. The summed E-state index contributed by atoms with van der Waals surface area (Å²) in [6, 6.07) is 8.58. The number of amides is 3. The lowest BCUT2D eigenvalue weighted by molar-refractivity contribution is -0.135. The van der Waals surface area contributed by atoms with Crippen molar-refractivity contribution in [1.29, 1.82) is 0 Å². The molecule has 2 atom stereocenters. The molecular weight excluding hydrogens is 855 g/mol. The minimum Gasteiger partial charge on any atom is -0.444 e. The Morgan fingerprint density at radius 3 is 2.62 bits per heavy atom. The van der Waals surface area contributed by atoms with Gasteiger partial charge in [0.15, 0.2) is 11.4 Å². The largest absolute Gasteiger partial charge is 0.444 e. The summed E-state index contributed by atoms with van der Waals surface area (Å²) >= 11 is 0. The fourth-order valence-electron chi connectivity index (χ4n) is 9.55. The lowest BCUT2D eigenvalue weighted by Gasteiger charge is -2.36. The fraction of sp³-hybridized carbons (Fsp3) is 0.543. The molecule has 0 radical (unpaired) electrons. The van der Waals surface area contributed by atoms with Gasteiger partial charge in [0.05, 0.1) is 35.5 Å². The van der Waals surface area contributed by atoms with E-state index in [-0.39, 0.29) is 47.4 Å². The Morgan fingerprint density at radius 2 is 1.83 bits per heavy atom. The Morgan fingerprint density at radius 1 is 1.02 bits per heavy atom. The summed E-state index contributed by atoms with van der Waals surface area (Å²) in [5.41, 5.74) is 2.25. The van der Waals surface area contributed by atoms with Crippen LogP contribution in [0.25, 0.3) is 22.5 Å². The second-order valence-corrected chi connectivity index (χ2v) is 18.3. The third-order valence-corrected chi connectivity index (χ3v) is 13.3. The number of oxazole rings is 1. The number of benzene rings is 1. The van der Waals surface area contributed by atoms with Crippen LogP contribution in [-0.4, -0.2) is 122 Å². The van der Waals surface area contributed by atoms with Gasteiger partial charge in [-0.2, -0.15) is 5.10 Å². The van der Waals surface area contributed by atoms with E-state index in [0.717, 1.165) is 82.6 Å². The number of anilines is 2. The maximum atomic E-state index is 14.2. The van der Waals surface area contributed by atoms with Crippen LogP contribution in [0, 0.1) is 11.8 Å². The van der Waals surface area contributed by atoms with Gasteiger partial charge in [-0.1, -0.05) is 6.07 Å². The van der Waals surface area contributed by atoms with Crippen molar-refractivity contribution in [3.05, 3.63) is 76.4 Å². The van der Waals surface area contributed by atoms with Gasteiger partial charge in [-0.15, -0.1) is 0 Å². The van der Waals surface area contributed by atoms with Gasteiger partial charge in [0, 0.05) is 83.8 Å². The van der Waals surface area contributed by atoms with E-state index in [1.165, 1.54) is 29.9 Å². The molecule has 6 heterocycles. The molecule has 4 aromatic heterocycles. The van der Waals surface area contributed by atoms with Crippen LogP contribution < -0.4 is 27.0 Å². The van der Waals surface area contributed by atoms with E-state index in [1.54, 1.807) is 34.6 Å². The molecule has 3 amide bonds. The van der Waals surface area contributed by atoms with E-state index in [4.69, 9.17) is 9.15 Å². The summed E-state index contributed by atoms with van der Waals surface area (Å²) < 4.78 is 44.8. The number of nitrogens with one attached hydrogen (secondary N) is 4. The lowest BCUT2D eigenvalue weighted by atomic mass is 9.86.